The average Bonchev–Trinajstić information content (AvgIpc) is 3.42. The van der Waals surface area contributed by atoms with Crippen molar-refractivity contribution in [3.05, 3.63) is 31.0 Å². The first-order valence-electron chi connectivity index (χ1n) is 10.3. The quantitative estimate of drug-likeness (QED) is 0.695. The molecule has 3 aromatic rings. The Bertz CT molecular complexity index is 1090. The van der Waals surface area contributed by atoms with Crippen molar-refractivity contribution < 1.29 is 4.79 Å². The predicted octanol–water partition coefficient (Wildman–Crippen LogP) is 2.85. The summed E-state index contributed by atoms with van der Waals surface area (Å²) in [6.45, 7) is 6.15. The molecule has 2 fully saturated rings. The Kier molecular flexibility index (Phi) is 4.06. The fraction of sp³-hybridized carbons (Fsp3) is 0.524. The molecule has 0 spiro atoms. The van der Waals surface area contributed by atoms with Gasteiger partial charge in [-0.05, 0) is 29.7 Å². The van der Waals surface area contributed by atoms with E-state index in [1.165, 1.54) is 0 Å². The fourth-order valence-corrected chi connectivity index (χ4v) is 5.43. The van der Waals surface area contributed by atoms with Crippen molar-refractivity contribution in [1.29, 1.82) is 0 Å². The zero-order valence-electron chi connectivity index (χ0n) is 17.9. The third-order valence-corrected chi connectivity index (χ3v) is 7.37. The van der Waals surface area contributed by atoms with Gasteiger partial charge < -0.3 is 20.1 Å². The van der Waals surface area contributed by atoms with Crippen LogP contribution in [0.25, 0.3) is 11.0 Å². The van der Waals surface area contributed by atoms with Crippen molar-refractivity contribution >= 4 is 28.6 Å². The molecule has 1 saturated carbocycles. The zero-order valence-corrected chi connectivity index (χ0v) is 17.9. The molecular weight excluding hydrogens is 380 g/mol. The molecule has 0 radical (unpaired) electrons. The molecule has 30 heavy (non-hydrogen) atoms. The van der Waals surface area contributed by atoms with Crippen LogP contribution >= 0.6 is 0 Å². The number of urea groups is 1. The summed E-state index contributed by atoms with van der Waals surface area (Å²) in [5, 5.41) is 8.15. The van der Waals surface area contributed by atoms with Gasteiger partial charge in [0.25, 0.3) is 0 Å². The average molecular weight is 409 g/mol. The van der Waals surface area contributed by atoms with E-state index in [1.54, 1.807) is 17.2 Å². The first-order chi connectivity index (χ1) is 14.3. The van der Waals surface area contributed by atoms with Crippen LogP contribution in [-0.4, -0.2) is 61.8 Å². The fourth-order valence-electron chi connectivity index (χ4n) is 5.43. The van der Waals surface area contributed by atoms with E-state index in [9.17, 15) is 4.79 Å². The molecule has 158 valence electrons. The molecule has 9 nitrogen and oxygen atoms in total. The number of aromatic nitrogens is 5. The minimum absolute atomic E-state index is 0.0467. The first kappa shape index (κ1) is 18.9. The lowest BCUT2D eigenvalue weighted by molar-refractivity contribution is 0.184. The molecule has 3 atom stereocenters. The Balaban J connectivity index is 1.32. The zero-order chi connectivity index (χ0) is 21.1. The maximum atomic E-state index is 12.8. The van der Waals surface area contributed by atoms with E-state index in [1.807, 2.05) is 30.4 Å². The molecule has 5 rings (SSSR count). The Labute approximate surface area is 175 Å². The van der Waals surface area contributed by atoms with Crippen LogP contribution in [-0.2, 0) is 7.05 Å². The SMILES string of the molecule is CN(c1ncnc2[nH]ccc12)C1C[C@@]2(C)CN(C(=O)Nc3cnn(C)c3)C[C@@]2(C)C1. The summed E-state index contributed by atoms with van der Waals surface area (Å²) in [4.78, 5) is 29.1. The number of aromatic amines is 1. The van der Waals surface area contributed by atoms with Gasteiger partial charge in [0.05, 0.1) is 17.3 Å². The van der Waals surface area contributed by atoms with Crippen molar-refractivity contribution in [2.75, 3.05) is 30.4 Å². The molecule has 9 heteroatoms. The summed E-state index contributed by atoms with van der Waals surface area (Å²) in [7, 11) is 3.97. The highest BCUT2D eigenvalue weighted by Crippen LogP contribution is 2.58. The summed E-state index contributed by atoms with van der Waals surface area (Å²) >= 11 is 0. The van der Waals surface area contributed by atoms with Crippen LogP contribution in [0, 0.1) is 10.8 Å². The number of hydrogen-bond donors (Lipinski definition) is 2. The summed E-state index contributed by atoms with van der Waals surface area (Å²) in [6, 6.07) is 2.36. The summed E-state index contributed by atoms with van der Waals surface area (Å²) in [5.41, 5.74) is 1.71. The highest BCUT2D eigenvalue weighted by atomic mass is 16.2. The number of hydrogen-bond acceptors (Lipinski definition) is 5. The third kappa shape index (κ3) is 2.83. The van der Waals surface area contributed by atoms with Gasteiger partial charge >= 0.3 is 6.03 Å². The van der Waals surface area contributed by atoms with Gasteiger partial charge in [-0.3, -0.25) is 4.68 Å². The van der Waals surface area contributed by atoms with Gasteiger partial charge in [0.15, 0.2) is 0 Å². The van der Waals surface area contributed by atoms with Crippen molar-refractivity contribution in [2.24, 2.45) is 17.9 Å². The number of aryl methyl sites for hydroxylation is 1. The van der Waals surface area contributed by atoms with Gasteiger partial charge in [-0.25, -0.2) is 14.8 Å². The lowest BCUT2D eigenvalue weighted by atomic mass is 9.71. The van der Waals surface area contributed by atoms with Crippen LogP contribution in [0.15, 0.2) is 31.0 Å². The number of amides is 2. The van der Waals surface area contributed by atoms with Gasteiger partial charge in [0.1, 0.15) is 17.8 Å². The predicted molar refractivity (Wildman–Crippen MR) is 115 cm³/mol. The van der Waals surface area contributed by atoms with Gasteiger partial charge in [0, 0.05) is 45.6 Å². The number of nitrogens with zero attached hydrogens (tertiary/aromatic N) is 6. The van der Waals surface area contributed by atoms with Crippen molar-refractivity contribution in [2.45, 2.75) is 32.7 Å². The summed E-state index contributed by atoms with van der Waals surface area (Å²) in [6.07, 6.45) is 9.05. The van der Waals surface area contributed by atoms with Gasteiger partial charge in [0.2, 0.25) is 0 Å². The van der Waals surface area contributed by atoms with E-state index < -0.39 is 0 Å². The minimum atomic E-state index is -0.0467. The third-order valence-electron chi connectivity index (χ3n) is 7.37. The van der Waals surface area contributed by atoms with Crippen LogP contribution in [0.3, 0.4) is 0 Å². The van der Waals surface area contributed by atoms with E-state index in [4.69, 9.17) is 0 Å². The van der Waals surface area contributed by atoms with Crippen molar-refractivity contribution in [1.82, 2.24) is 29.6 Å². The van der Waals surface area contributed by atoms with Crippen LogP contribution in [0.5, 0.6) is 0 Å². The van der Waals surface area contributed by atoms with Crippen LogP contribution < -0.4 is 10.2 Å². The van der Waals surface area contributed by atoms with Crippen molar-refractivity contribution in [3.8, 4) is 0 Å². The Morgan fingerprint density at radius 3 is 2.67 bits per heavy atom. The highest BCUT2D eigenvalue weighted by Gasteiger charge is 2.59. The molecule has 1 unspecified atom stereocenters. The molecule has 0 bridgehead atoms. The monoisotopic (exact) mass is 408 g/mol. The molecule has 1 saturated heterocycles. The first-order valence-corrected chi connectivity index (χ1v) is 10.3. The van der Waals surface area contributed by atoms with E-state index in [0.29, 0.717) is 6.04 Å². The number of nitrogens with one attached hydrogen (secondary N) is 2. The number of rotatable bonds is 3. The number of anilines is 2. The molecule has 3 aromatic heterocycles. The topological polar surface area (TPSA) is 95.0 Å². The van der Waals surface area contributed by atoms with Gasteiger partial charge in [-0.2, -0.15) is 5.10 Å². The van der Waals surface area contributed by atoms with Gasteiger partial charge in [-0.15, -0.1) is 0 Å². The van der Waals surface area contributed by atoms with E-state index >= 15 is 0 Å². The van der Waals surface area contributed by atoms with Gasteiger partial charge in [-0.1, -0.05) is 13.8 Å². The molecule has 1 aliphatic heterocycles. The molecule has 0 aromatic carbocycles. The van der Waals surface area contributed by atoms with Crippen LogP contribution in [0.4, 0.5) is 16.3 Å². The number of likely N-dealkylation sites (tertiary alicyclic amines) is 1. The Morgan fingerprint density at radius 2 is 2.00 bits per heavy atom. The Hall–Kier alpha value is -3.10. The molecular formula is C21H28N8O. The number of H-pyrrole nitrogens is 1. The maximum Gasteiger partial charge on any atom is 0.321 e. The second kappa shape index (κ2) is 6.45. The molecule has 2 amide bonds. The molecule has 2 aliphatic rings. The largest absolute Gasteiger partial charge is 0.356 e. The van der Waals surface area contributed by atoms with E-state index in [-0.39, 0.29) is 16.9 Å². The van der Waals surface area contributed by atoms with Crippen molar-refractivity contribution in [3.63, 3.8) is 0 Å². The highest BCUT2D eigenvalue weighted by molar-refractivity contribution is 5.89. The minimum Gasteiger partial charge on any atom is -0.356 e. The Morgan fingerprint density at radius 1 is 1.27 bits per heavy atom. The summed E-state index contributed by atoms with van der Waals surface area (Å²) < 4.78 is 1.69. The second-order valence-electron chi connectivity index (χ2n) is 9.42. The maximum absolute atomic E-state index is 12.8. The van der Waals surface area contributed by atoms with Crippen LogP contribution in [0.2, 0.25) is 0 Å². The molecule has 2 N–H and O–H groups in total. The second-order valence-corrected chi connectivity index (χ2v) is 9.42. The number of carbonyl (C=O) groups excluding carboxylic acids is 1. The molecule has 1 aliphatic carbocycles. The van der Waals surface area contributed by atoms with E-state index in [0.717, 1.165) is 48.5 Å². The van der Waals surface area contributed by atoms with Crippen LogP contribution in [0.1, 0.15) is 26.7 Å². The number of carbonyl (C=O) groups is 1. The van der Waals surface area contributed by atoms with E-state index in [2.05, 4.69) is 51.2 Å². The standard InChI is InChI=1S/C21H28N8O/c1-20-7-15(28(4)18-16-5-6-22-17(16)23-13-24-18)8-21(20,2)12-29(11-20)19(30)26-14-9-25-27(3)10-14/h5-6,9-10,13,15H,7-8,11-12H2,1-4H3,(H,26,30)(H,22,23,24)/t15?,20-,21+. The smallest absolute Gasteiger partial charge is 0.321 e. The normalized spacial score (nSPS) is 28.1. The molecule has 4 heterocycles. The lowest BCUT2D eigenvalue weighted by Gasteiger charge is -2.31. The lowest BCUT2D eigenvalue weighted by Crippen LogP contribution is -2.38. The number of fused-ring (bicyclic) bond motifs is 2. The summed E-state index contributed by atoms with van der Waals surface area (Å²) in [5.74, 6) is 0.963.